The predicted molar refractivity (Wildman–Crippen MR) is 113 cm³/mol. The van der Waals surface area contributed by atoms with Gasteiger partial charge in [-0.3, -0.25) is 9.69 Å². The van der Waals surface area contributed by atoms with E-state index in [1.54, 1.807) is 24.3 Å². The molecule has 3 amide bonds. The number of urea groups is 1. The summed E-state index contributed by atoms with van der Waals surface area (Å²) in [6, 6.07) is 23.8. The standard InChI is InChI=1S/C25H21N3O2/c1-17-3-11-21(12-4-17)25(22-13-5-18(2)6-14-22)23(29)28(24(30)27-25)16-20-9-7-19(15-26)8-10-20/h3-14H,16H2,1-2H3,(H,27,30). The van der Waals surface area contributed by atoms with Crippen LogP contribution >= 0.6 is 0 Å². The van der Waals surface area contributed by atoms with E-state index in [4.69, 9.17) is 5.26 Å². The second kappa shape index (κ2) is 7.49. The van der Waals surface area contributed by atoms with Crippen LogP contribution in [0.5, 0.6) is 0 Å². The monoisotopic (exact) mass is 395 g/mol. The molecule has 0 radical (unpaired) electrons. The van der Waals surface area contributed by atoms with Crippen molar-refractivity contribution in [3.05, 3.63) is 106 Å². The first kappa shape index (κ1) is 19.4. The van der Waals surface area contributed by atoms with Crippen LogP contribution in [0.15, 0.2) is 72.8 Å². The zero-order valence-electron chi connectivity index (χ0n) is 16.8. The van der Waals surface area contributed by atoms with Gasteiger partial charge in [0.1, 0.15) is 0 Å². The summed E-state index contributed by atoms with van der Waals surface area (Å²) >= 11 is 0. The van der Waals surface area contributed by atoms with Crippen molar-refractivity contribution in [2.75, 3.05) is 0 Å². The summed E-state index contributed by atoms with van der Waals surface area (Å²) in [5.74, 6) is -0.315. The van der Waals surface area contributed by atoms with Crippen LogP contribution in [-0.2, 0) is 16.9 Å². The van der Waals surface area contributed by atoms with Gasteiger partial charge in [0.2, 0.25) is 0 Å². The quantitative estimate of drug-likeness (QED) is 0.674. The van der Waals surface area contributed by atoms with Gasteiger partial charge < -0.3 is 5.32 Å². The summed E-state index contributed by atoms with van der Waals surface area (Å²) in [5.41, 5.74) is 3.62. The van der Waals surface area contributed by atoms with E-state index >= 15 is 0 Å². The molecule has 5 heteroatoms. The summed E-state index contributed by atoms with van der Waals surface area (Å²) < 4.78 is 0. The van der Waals surface area contributed by atoms with E-state index in [0.29, 0.717) is 5.56 Å². The number of benzene rings is 3. The summed E-state index contributed by atoms with van der Waals surface area (Å²) in [6.07, 6.45) is 0. The summed E-state index contributed by atoms with van der Waals surface area (Å²) in [6.45, 7) is 4.10. The van der Waals surface area contributed by atoms with Crippen molar-refractivity contribution in [3.8, 4) is 6.07 Å². The third-order valence-electron chi connectivity index (χ3n) is 5.50. The molecule has 1 aliphatic heterocycles. The molecule has 1 N–H and O–H groups in total. The second-order valence-electron chi connectivity index (χ2n) is 7.61. The number of nitrogens with one attached hydrogen (secondary N) is 1. The van der Waals surface area contributed by atoms with Crippen LogP contribution in [0.4, 0.5) is 4.79 Å². The maximum absolute atomic E-state index is 13.7. The molecule has 1 heterocycles. The fraction of sp³-hybridized carbons (Fsp3) is 0.160. The first-order chi connectivity index (χ1) is 14.4. The van der Waals surface area contributed by atoms with Gasteiger partial charge in [-0.05, 0) is 42.7 Å². The highest BCUT2D eigenvalue weighted by Gasteiger charge is 2.53. The zero-order valence-corrected chi connectivity index (χ0v) is 16.8. The molecular formula is C25H21N3O2. The minimum atomic E-state index is -1.27. The molecule has 1 aliphatic rings. The molecule has 0 aliphatic carbocycles. The maximum Gasteiger partial charge on any atom is 0.325 e. The fourth-order valence-corrected chi connectivity index (χ4v) is 3.75. The average Bonchev–Trinajstić information content (AvgIpc) is 3.01. The number of imide groups is 1. The Morgan fingerprint density at radius 1 is 0.833 bits per heavy atom. The van der Waals surface area contributed by atoms with Crippen LogP contribution in [0.2, 0.25) is 0 Å². The van der Waals surface area contributed by atoms with Crippen molar-refractivity contribution >= 4 is 11.9 Å². The minimum absolute atomic E-state index is 0.135. The number of carbonyl (C=O) groups is 2. The lowest BCUT2D eigenvalue weighted by Crippen LogP contribution is -2.45. The Bertz CT molecular complexity index is 1100. The van der Waals surface area contributed by atoms with Crippen molar-refractivity contribution in [3.63, 3.8) is 0 Å². The molecule has 1 fully saturated rings. The Morgan fingerprint density at radius 3 is 1.80 bits per heavy atom. The van der Waals surface area contributed by atoms with Crippen LogP contribution in [0.25, 0.3) is 0 Å². The lowest BCUT2D eigenvalue weighted by atomic mass is 9.82. The molecule has 4 rings (SSSR count). The van der Waals surface area contributed by atoms with Crippen LogP contribution in [0, 0.1) is 25.2 Å². The maximum atomic E-state index is 13.7. The van der Waals surface area contributed by atoms with E-state index in [1.165, 1.54) is 4.90 Å². The Balaban J connectivity index is 1.77. The smallest absolute Gasteiger partial charge is 0.315 e. The third-order valence-corrected chi connectivity index (χ3v) is 5.50. The molecule has 5 nitrogen and oxygen atoms in total. The van der Waals surface area contributed by atoms with Crippen LogP contribution in [-0.4, -0.2) is 16.8 Å². The first-order valence-corrected chi connectivity index (χ1v) is 9.71. The van der Waals surface area contributed by atoms with Crippen molar-refractivity contribution in [2.45, 2.75) is 25.9 Å². The van der Waals surface area contributed by atoms with Crippen LogP contribution in [0.3, 0.4) is 0 Å². The second-order valence-corrected chi connectivity index (χ2v) is 7.61. The van der Waals surface area contributed by atoms with Crippen molar-refractivity contribution < 1.29 is 9.59 Å². The number of rotatable bonds is 4. The predicted octanol–water partition coefficient (Wildman–Crippen LogP) is 4.17. The van der Waals surface area contributed by atoms with E-state index in [-0.39, 0.29) is 12.5 Å². The molecular weight excluding hydrogens is 374 g/mol. The largest absolute Gasteiger partial charge is 0.325 e. The molecule has 0 aromatic heterocycles. The molecule has 148 valence electrons. The van der Waals surface area contributed by atoms with E-state index in [9.17, 15) is 9.59 Å². The topological polar surface area (TPSA) is 73.2 Å². The van der Waals surface area contributed by atoms with Crippen LogP contribution < -0.4 is 5.32 Å². The van der Waals surface area contributed by atoms with Crippen molar-refractivity contribution in [2.24, 2.45) is 0 Å². The third kappa shape index (κ3) is 3.23. The molecule has 0 saturated carbocycles. The van der Waals surface area contributed by atoms with Gasteiger partial charge in [0.15, 0.2) is 5.54 Å². The Morgan fingerprint density at radius 2 is 1.33 bits per heavy atom. The minimum Gasteiger partial charge on any atom is -0.315 e. The van der Waals surface area contributed by atoms with Gasteiger partial charge >= 0.3 is 6.03 Å². The highest BCUT2D eigenvalue weighted by molar-refractivity contribution is 6.09. The normalized spacial score (nSPS) is 15.0. The number of nitriles is 1. The Kier molecular flexibility index (Phi) is 4.85. The van der Waals surface area contributed by atoms with Gasteiger partial charge in [0.25, 0.3) is 5.91 Å². The number of nitrogens with zero attached hydrogens (tertiary/aromatic N) is 2. The molecule has 0 spiro atoms. The van der Waals surface area contributed by atoms with Crippen molar-refractivity contribution in [1.82, 2.24) is 10.2 Å². The SMILES string of the molecule is Cc1ccc(C2(c3ccc(C)cc3)NC(=O)N(Cc3ccc(C#N)cc3)C2=O)cc1. The van der Waals surface area contributed by atoms with E-state index < -0.39 is 11.6 Å². The van der Waals surface area contributed by atoms with Crippen molar-refractivity contribution in [1.29, 1.82) is 5.26 Å². The zero-order chi connectivity index (χ0) is 21.3. The molecule has 0 bridgehead atoms. The summed E-state index contributed by atoms with van der Waals surface area (Å²) in [7, 11) is 0. The molecule has 3 aromatic rings. The van der Waals surface area contributed by atoms with Gasteiger partial charge in [-0.15, -0.1) is 0 Å². The number of amides is 3. The van der Waals surface area contributed by atoms with E-state index in [0.717, 1.165) is 27.8 Å². The number of hydrogen-bond acceptors (Lipinski definition) is 3. The molecule has 0 unspecified atom stereocenters. The Labute approximate surface area is 175 Å². The summed E-state index contributed by atoms with van der Waals surface area (Å²) in [4.78, 5) is 27.9. The highest BCUT2D eigenvalue weighted by atomic mass is 16.2. The number of carbonyl (C=O) groups excluding carboxylic acids is 2. The highest BCUT2D eigenvalue weighted by Crippen LogP contribution is 2.37. The first-order valence-electron chi connectivity index (χ1n) is 9.71. The Hall–Kier alpha value is -3.91. The molecule has 30 heavy (non-hydrogen) atoms. The lowest BCUT2D eigenvalue weighted by Gasteiger charge is -2.28. The number of aryl methyl sites for hydroxylation is 2. The van der Waals surface area contributed by atoms with Gasteiger partial charge in [0, 0.05) is 0 Å². The fourth-order valence-electron chi connectivity index (χ4n) is 3.75. The van der Waals surface area contributed by atoms with Crippen LogP contribution in [0.1, 0.15) is 33.4 Å². The summed E-state index contributed by atoms with van der Waals surface area (Å²) in [5, 5.41) is 11.9. The molecule has 1 saturated heterocycles. The van der Waals surface area contributed by atoms with Gasteiger partial charge in [-0.2, -0.15) is 5.26 Å². The van der Waals surface area contributed by atoms with Gasteiger partial charge in [-0.25, -0.2) is 4.79 Å². The van der Waals surface area contributed by atoms with Gasteiger partial charge in [0.05, 0.1) is 18.2 Å². The molecule has 0 atom stereocenters. The average molecular weight is 395 g/mol. The van der Waals surface area contributed by atoms with Gasteiger partial charge in [-0.1, -0.05) is 71.8 Å². The molecule has 3 aromatic carbocycles. The van der Waals surface area contributed by atoms with E-state index in [2.05, 4.69) is 11.4 Å². The van der Waals surface area contributed by atoms with E-state index in [1.807, 2.05) is 62.4 Å². The number of hydrogen-bond donors (Lipinski definition) is 1. The lowest BCUT2D eigenvalue weighted by molar-refractivity contribution is -0.130.